The van der Waals surface area contributed by atoms with E-state index in [9.17, 15) is 14.4 Å². The summed E-state index contributed by atoms with van der Waals surface area (Å²) in [7, 11) is 2.89. The topological polar surface area (TPSA) is 92.0 Å². The van der Waals surface area contributed by atoms with Gasteiger partial charge in [-0.15, -0.1) is 0 Å². The standard InChI is InChI=1S/C20H16O7/c1-11(22)27-12-4-5-14-19(7-12)26-10-17(20(14)23)15-6-13(24-2)8-18(25-3)16(15)9-21/h4-10H,1-3H3. The number of fused-ring (bicyclic) bond motifs is 1. The van der Waals surface area contributed by atoms with Gasteiger partial charge in [0.05, 0.1) is 30.7 Å². The Bertz CT molecular complexity index is 1100. The fraction of sp³-hybridized carbons (Fsp3) is 0.150. The third kappa shape index (κ3) is 3.39. The number of esters is 1. The molecule has 0 aliphatic heterocycles. The van der Waals surface area contributed by atoms with E-state index in [0.717, 1.165) is 0 Å². The maximum Gasteiger partial charge on any atom is 0.308 e. The number of hydrogen-bond acceptors (Lipinski definition) is 7. The molecule has 0 N–H and O–H groups in total. The molecule has 3 aromatic rings. The average molecular weight is 368 g/mol. The van der Waals surface area contributed by atoms with Gasteiger partial charge >= 0.3 is 5.97 Å². The third-order valence-corrected chi connectivity index (χ3v) is 3.99. The van der Waals surface area contributed by atoms with Crippen molar-refractivity contribution in [2.75, 3.05) is 14.2 Å². The minimum absolute atomic E-state index is 0.182. The summed E-state index contributed by atoms with van der Waals surface area (Å²) in [6.07, 6.45) is 1.87. The van der Waals surface area contributed by atoms with Crippen molar-refractivity contribution in [3.05, 3.63) is 52.4 Å². The lowest BCUT2D eigenvalue weighted by Gasteiger charge is -2.12. The molecular formula is C20H16O7. The zero-order valence-electron chi connectivity index (χ0n) is 14.9. The van der Waals surface area contributed by atoms with Crippen molar-refractivity contribution in [2.45, 2.75) is 6.92 Å². The highest BCUT2D eigenvalue weighted by Crippen LogP contribution is 2.34. The monoisotopic (exact) mass is 368 g/mol. The van der Waals surface area contributed by atoms with Gasteiger partial charge in [0.2, 0.25) is 5.43 Å². The van der Waals surface area contributed by atoms with E-state index >= 15 is 0 Å². The van der Waals surface area contributed by atoms with E-state index < -0.39 is 5.97 Å². The Morgan fingerprint density at radius 3 is 2.44 bits per heavy atom. The number of ether oxygens (including phenoxy) is 3. The van der Waals surface area contributed by atoms with E-state index in [2.05, 4.69) is 0 Å². The van der Waals surface area contributed by atoms with Crippen LogP contribution in [0.1, 0.15) is 17.3 Å². The van der Waals surface area contributed by atoms with Crippen molar-refractivity contribution >= 4 is 23.2 Å². The summed E-state index contributed by atoms with van der Waals surface area (Å²) < 4.78 is 21.0. The fourth-order valence-electron chi connectivity index (χ4n) is 2.76. The van der Waals surface area contributed by atoms with E-state index in [1.165, 1.54) is 45.6 Å². The normalized spacial score (nSPS) is 10.5. The summed E-state index contributed by atoms with van der Waals surface area (Å²) in [5.41, 5.74) is 0.637. The van der Waals surface area contributed by atoms with Gasteiger partial charge in [0.25, 0.3) is 0 Å². The molecule has 0 unspecified atom stereocenters. The minimum atomic E-state index is -0.479. The first kappa shape index (κ1) is 18.2. The largest absolute Gasteiger partial charge is 0.497 e. The molecule has 1 heterocycles. The maximum absolute atomic E-state index is 13.0. The van der Waals surface area contributed by atoms with Gasteiger partial charge in [-0.1, -0.05) is 0 Å². The first-order chi connectivity index (χ1) is 13.0. The van der Waals surface area contributed by atoms with Crippen LogP contribution in [0, 0.1) is 0 Å². The third-order valence-electron chi connectivity index (χ3n) is 3.99. The van der Waals surface area contributed by atoms with Crippen LogP contribution in [-0.2, 0) is 4.79 Å². The van der Waals surface area contributed by atoms with Crippen molar-refractivity contribution in [2.24, 2.45) is 0 Å². The Balaban J connectivity index is 2.23. The zero-order valence-corrected chi connectivity index (χ0v) is 14.9. The van der Waals surface area contributed by atoms with Gasteiger partial charge in [-0.05, 0) is 18.2 Å². The highest BCUT2D eigenvalue weighted by molar-refractivity contribution is 5.93. The van der Waals surface area contributed by atoms with Gasteiger partial charge < -0.3 is 18.6 Å². The maximum atomic E-state index is 13.0. The molecule has 7 nitrogen and oxygen atoms in total. The number of rotatable bonds is 5. The second kappa shape index (κ2) is 7.33. The van der Waals surface area contributed by atoms with Crippen LogP contribution < -0.4 is 19.6 Å². The van der Waals surface area contributed by atoms with Crippen LogP contribution >= 0.6 is 0 Å². The Labute approximate surface area is 154 Å². The van der Waals surface area contributed by atoms with E-state index in [0.29, 0.717) is 17.6 Å². The summed E-state index contributed by atoms with van der Waals surface area (Å²) >= 11 is 0. The summed E-state index contributed by atoms with van der Waals surface area (Å²) in [5, 5.41) is 0.280. The van der Waals surface area contributed by atoms with Gasteiger partial charge in [0.15, 0.2) is 6.29 Å². The van der Waals surface area contributed by atoms with Gasteiger partial charge in [0.1, 0.15) is 29.1 Å². The SMILES string of the molecule is COc1cc(OC)c(C=O)c(-c2coc3cc(OC(C)=O)ccc3c2=O)c1. The molecule has 0 saturated heterocycles. The number of hydrogen-bond donors (Lipinski definition) is 0. The average Bonchev–Trinajstić information content (AvgIpc) is 2.66. The van der Waals surface area contributed by atoms with Crippen molar-refractivity contribution < 1.29 is 28.2 Å². The lowest BCUT2D eigenvalue weighted by atomic mass is 9.99. The molecule has 0 aliphatic carbocycles. The molecule has 138 valence electrons. The predicted octanol–water partition coefficient (Wildman–Crippen LogP) is 3.22. The Morgan fingerprint density at radius 1 is 1.04 bits per heavy atom. The molecule has 1 aromatic heterocycles. The van der Waals surface area contributed by atoms with Crippen LogP contribution in [0.25, 0.3) is 22.1 Å². The van der Waals surface area contributed by atoms with E-state index in [4.69, 9.17) is 18.6 Å². The molecule has 0 amide bonds. The molecule has 0 aliphatic rings. The Hall–Kier alpha value is -3.61. The molecule has 2 aromatic carbocycles. The number of carbonyl (C=O) groups excluding carboxylic acids is 2. The quantitative estimate of drug-likeness (QED) is 0.388. The second-order valence-corrected chi connectivity index (χ2v) is 5.64. The summed E-state index contributed by atoms with van der Waals surface area (Å²) in [6.45, 7) is 1.28. The minimum Gasteiger partial charge on any atom is -0.497 e. The molecule has 0 spiro atoms. The highest BCUT2D eigenvalue weighted by atomic mass is 16.5. The van der Waals surface area contributed by atoms with Crippen molar-refractivity contribution in [3.63, 3.8) is 0 Å². The van der Waals surface area contributed by atoms with Crippen molar-refractivity contribution in [3.8, 4) is 28.4 Å². The van der Waals surface area contributed by atoms with Crippen LogP contribution in [0.4, 0.5) is 0 Å². The molecule has 7 heteroatoms. The van der Waals surface area contributed by atoms with Crippen LogP contribution in [0.5, 0.6) is 17.2 Å². The molecule has 3 rings (SSSR count). The second-order valence-electron chi connectivity index (χ2n) is 5.64. The first-order valence-corrected chi connectivity index (χ1v) is 7.94. The summed E-state index contributed by atoms with van der Waals surface area (Å²) in [6, 6.07) is 7.58. The van der Waals surface area contributed by atoms with Crippen LogP contribution in [0.2, 0.25) is 0 Å². The smallest absolute Gasteiger partial charge is 0.308 e. The zero-order chi connectivity index (χ0) is 19.6. The predicted molar refractivity (Wildman–Crippen MR) is 97.7 cm³/mol. The molecule has 27 heavy (non-hydrogen) atoms. The number of aldehydes is 1. The van der Waals surface area contributed by atoms with Gasteiger partial charge in [0, 0.05) is 24.6 Å². The molecule has 0 saturated carbocycles. The lowest BCUT2D eigenvalue weighted by Crippen LogP contribution is -2.08. The van der Waals surface area contributed by atoms with Crippen LogP contribution in [-0.4, -0.2) is 26.5 Å². The van der Waals surface area contributed by atoms with E-state index in [1.54, 1.807) is 12.1 Å². The molecule has 0 fully saturated rings. The molecule has 0 atom stereocenters. The van der Waals surface area contributed by atoms with E-state index in [-0.39, 0.29) is 39.0 Å². The lowest BCUT2D eigenvalue weighted by molar-refractivity contribution is -0.131. The van der Waals surface area contributed by atoms with Crippen LogP contribution in [0.3, 0.4) is 0 Å². The van der Waals surface area contributed by atoms with E-state index in [1.807, 2.05) is 0 Å². The first-order valence-electron chi connectivity index (χ1n) is 7.94. The number of methoxy groups -OCH3 is 2. The Kier molecular flexibility index (Phi) is 4.94. The number of benzene rings is 2. The Morgan fingerprint density at radius 2 is 1.81 bits per heavy atom. The summed E-state index contributed by atoms with van der Waals surface area (Å²) in [4.78, 5) is 35.6. The molecule has 0 bridgehead atoms. The fourth-order valence-corrected chi connectivity index (χ4v) is 2.76. The summed E-state index contributed by atoms with van der Waals surface area (Å²) in [5.74, 6) is 0.496. The van der Waals surface area contributed by atoms with Gasteiger partial charge in [-0.2, -0.15) is 0 Å². The van der Waals surface area contributed by atoms with Gasteiger partial charge in [-0.25, -0.2) is 0 Å². The van der Waals surface area contributed by atoms with Crippen molar-refractivity contribution in [1.29, 1.82) is 0 Å². The molecule has 0 radical (unpaired) electrons. The highest BCUT2D eigenvalue weighted by Gasteiger charge is 2.18. The molecular weight excluding hydrogens is 352 g/mol. The van der Waals surface area contributed by atoms with Crippen LogP contribution in [0.15, 0.2) is 45.8 Å². The van der Waals surface area contributed by atoms with Crippen molar-refractivity contribution in [1.82, 2.24) is 0 Å². The van der Waals surface area contributed by atoms with Gasteiger partial charge in [-0.3, -0.25) is 14.4 Å². The number of carbonyl (C=O) groups is 2.